The second-order valence-electron chi connectivity index (χ2n) is 5.91. The Morgan fingerprint density at radius 2 is 1.69 bits per heavy atom. The molecule has 9 heteroatoms. The maximum atomic E-state index is 12.0. The van der Waals surface area contributed by atoms with E-state index in [1.807, 2.05) is 36.4 Å². The van der Waals surface area contributed by atoms with Crippen LogP contribution >= 0.6 is 12.2 Å². The van der Waals surface area contributed by atoms with Crippen LogP contribution in [0.1, 0.15) is 5.76 Å². The number of nitrogens with two attached hydrogens (primary N) is 1. The van der Waals surface area contributed by atoms with E-state index in [2.05, 4.69) is 10.6 Å². The number of carbonyl (C=O) groups is 1. The lowest BCUT2D eigenvalue weighted by molar-refractivity contribution is -0.115. The van der Waals surface area contributed by atoms with Crippen molar-refractivity contribution in [2.45, 2.75) is 4.90 Å². The van der Waals surface area contributed by atoms with Gasteiger partial charge in [0.05, 0.1) is 4.90 Å². The zero-order chi connectivity index (χ0) is 20.9. The van der Waals surface area contributed by atoms with Crippen LogP contribution in [0.3, 0.4) is 0 Å². The van der Waals surface area contributed by atoms with E-state index < -0.39 is 15.9 Å². The highest BCUT2D eigenvalue weighted by atomic mass is 32.2. The lowest BCUT2D eigenvalue weighted by atomic mass is 10.2. The van der Waals surface area contributed by atoms with E-state index in [0.717, 1.165) is 5.56 Å². The summed E-state index contributed by atoms with van der Waals surface area (Å²) in [6.07, 6.45) is 2.83. The Morgan fingerprint density at radius 3 is 2.34 bits per heavy atom. The van der Waals surface area contributed by atoms with Crippen molar-refractivity contribution in [3.05, 3.63) is 78.6 Å². The molecule has 29 heavy (non-hydrogen) atoms. The molecule has 0 saturated carbocycles. The minimum atomic E-state index is -3.77. The van der Waals surface area contributed by atoms with Gasteiger partial charge in [-0.25, -0.2) is 13.6 Å². The van der Waals surface area contributed by atoms with Gasteiger partial charge in [0.25, 0.3) is 0 Å². The van der Waals surface area contributed by atoms with Crippen molar-refractivity contribution >= 4 is 45.0 Å². The van der Waals surface area contributed by atoms with Gasteiger partial charge in [0.15, 0.2) is 5.11 Å². The largest absolute Gasteiger partial charge is 0.457 e. The van der Waals surface area contributed by atoms with Gasteiger partial charge in [-0.3, -0.25) is 10.1 Å². The van der Waals surface area contributed by atoms with Crippen LogP contribution in [-0.2, 0) is 14.8 Å². The van der Waals surface area contributed by atoms with Crippen molar-refractivity contribution in [1.29, 1.82) is 0 Å². The summed E-state index contributed by atoms with van der Waals surface area (Å²) in [5.74, 6) is 0.781. The van der Waals surface area contributed by atoms with E-state index in [1.165, 1.54) is 36.4 Å². The van der Waals surface area contributed by atoms with Crippen LogP contribution in [0.5, 0.6) is 0 Å². The topological polar surface area (TPSA) is 114 Å². The van der Waals surface area contributed by atoms with Gasteiger partial charge < -0.3 is 9.73 Å². The standard InChI is InChI=1S/C20H17N3O4S2/c21-29(25,26)17-10-6-15(7-11-17)22-20(28)23-19(24)13-9-16-8-12-18(27-16)14-4-2-1-3-5-14/h1-13H,(H2,21,25,26)(H2,22,23,24,28)/b13-9+. The molecular formula is C20H17N3O4S2. The normalized spacial score (nSPS) is 11.3. The predicted molar refractivity (Wildman–Crippen MR) is 115 cm³/mol. The van der Waals surface area contributed by atoms with Gasteiger partial charge in [0, 0.05) is 17.3 Å². The van der Waals surface area contributed by atoms with Gasteiger partial charge in [-0.2, -0.15) is 0 Å². The molecule has 0 aliphatic heterocycles. The second kappa shape index (κ2) is 8.82. The summed E-state index contributed by atoms with van der Waals surface area (Å²) in [4.78, 5) is 12.0. The number of anilines is 1. The molecule has 0 saturated heterocycles. The fraction of sp³-hybridized carbons (Fsp3) is 0. The van der Waals surface area contributed by atoms with Crippen LogP contribution in [0, 0.1) is 0 Å². The molecule has 148 valence electrons. The number of nitrogens with one attached hydrogen (secondary N) is 2. The number of thiocarbonyl (C=S) groups is 1. The van der Waals surface area contributed by atoms with Crippen LogP contribution in [0.2, 0.25) is 0 Å². The van der Waals surface area contributed by atoms with Gasteiger partial charge in [0.2, 0.25) is 15.9 Å². The smallest absolute Gasteiger partial charge is 0.250 e. The fourth-order valence-corrected chi connectivity index (χ4v) is 3.14. The lowest BCUT2D eigenvalue weighted by Gasteiger charge is -2.08. The van der Waals surface area contributed by atoms with E-state index in [0.29, 0.717) is 17.2 Å². The van der Waals surface area contributed by atoms with Gasteiger partial charge in [-0.15, -0.1) is 0 Å². The minimum Gasteiger partial charge on any atom is -0.457 e. The molecular weight excluding hydrogens is 410 g/mol. The molecule has 0 atom stereocenters. The Labute approximate surface area is 173 Å². The summed E-state index contributed by atoms with van der Waals surface area (Å²) in [5, 5.41) is 10.4. The molecule has 0 aliphatic rings. The van der Waals surface area contributed by atoms with Crippen molar-refractivity contribution in [1.82, 2.24) is 5.32 Å². The SMILES string of the molecule is NS(=O)(=O)c1ccc(NC(=S)NC(=O)/C=C/c2ccc(-c3ccccc3)o2)cc1. The van der Waals surface area contributed by atoms with Crippen molar-refractivity contribution < 1.29 is 17.6 Å². The molecule has 1 heterocycles. The molecule has 0 aliphatic carbocycles. The van der Waals surface area contributed by atoms with Gasteiger partial charge >= 0.3 is 0 Å². The van der Waals surface area contributed by atoms with Crippen LogP contribution in [0.25, 0.3) is 17.4 Å². The number of primary sulfonamides is 1. The molecule has 1 aromatic heterocycles. The third kappa shape index (κ3) is 5.85. The third-order valence-corrected chi connectivity index (χ3v) is 4.89. The third-order valence-electron chi connectivity index (χ3n) is 3.76. The maximum Gasteiger partial charge on any atom is 0.250 e. The van der Waals surface area contributed by atoms with E-state index in [1.54, 1.807) is 6.07 Å². The molecule has 1 amide bonds. The Hall–Kier alpha value is -3.27. The first-order chi connectivity index (χ1) is 13.8. The van der Waals surface area contributed by atoms with E-state index in [-0.39, 0.29) is 10.0 Å². The molecule has 2 aromatic carbocycles. The molecule has 0 unspecified atom stereocenters. The first-order valence-electron chi connectivity index (χ1n) is 8.39. The van der Waals surface area contributed by atoms with Crippen LogP contribution in [-0.4, -0.2) is 19.4 Å². The van der Waals surface area contributed by atoms with Crippen molar-refractivity contribution in [3.8, 4) is 11.3 Å². The van der Waals surface area contributed by atoms with Crippen molar-refractivity contribution in [2.24, 2.45) is 5.14 Å². The highest BCUT2D eigenvalue weighted by Crippen LogP contribution is 2.22. The fourth-order valence-electron chi connectivity index (χ4n) is 2.40. The van der Waals surface area contributed by atoms with Crippen LogP contribution in [0.15, 0.2) is 82.1 Å². The first kappa shape index (κ1) is 20.5. The van der Waals surface area contributed by atoms with Gasteiger partial charge in [-0.05, 0) is 54.7 Å². The zero-order valence-corrected chi connectivity index (χ0v) is 16.7. The maximum absolute atomic E-state index is 12.0. The predicted octanol–water partition coefficient (Wildman–Crippen LogP) is 3.12. The molecule has 0 radical (unpaired) electrons. The molecule has 3 aromatic rings. The summed E-state index contributed by atoms with van der Waals surface area (Å²) in [7, 11) is -3.77. The number of hydrogen-bond acceptors (Lipinski definition) is 5. The second-order valence-corrected chi connectivity index (χ2v) is 7.88. The number of sulfonamides is 1. The van der Waals surface area contributed by atoms with E-state index in [4.69, 9.17) is 21.8 Å². The van der Waals surface area contributed by atoms with E-state index in [9.17, 15) is 13.2 Å². The Bertz CT molecular complexity index is 1150. The van der Waals surface area contributed by atoms with E-state index >= 15 is 0 Å². The monoisotopic (exact) mass is 427 g/mol. The molecule has 0 bridgehead atoms. The Balaban J connectivity index is 1.55. The number of carbonyl (C=O) groups excluding carboxylic acids is 1. The Morgan fingerprint density at radius 1 is 1.00 bits per heavy atom. The van der Waals surface area contributed by atoms with Crippen LogP contribution < -0.4 is 15.8 Å². The summed E-state index contributed by atoms with van der Waals surface area (Å²) in [5.41, 5.74) is 1.45. The molecule has 4 N–H and O–H groups in total. The van der Waals surface area contributed by atoms with Gasteiger partial charge in [0.1, 0.15) is 11.5 Å². The molecule has 7 nitrogen and oxygen atoms in total. The number of rotatable bonds is 5. The molecule has 3 rings (SSSR count). The summed E-state index contributed by atoms with van der Waals surface area (Å²) in [6.45, 7) is 0. The lowest BCUT2D eigenvalue weighted by Crippen LogP contribution is -2.32. The number of benzene rings is 2. The molecule has 0 spiro atoms. The highest BCUT2D eigenvalue weighted by molar-refractivity contribution is 7.89. The number of furan rings is 1. The Kier molecular flexibility index (Phi) is 6.23. The van der Waals surface area contributed by atoms with Crippen molar-refractivity contribution in [2.75, 3.05) is 5.32 Å². The quantitative estimate of drug-likeness (QED) is 0.426. The summed E-state index contributed by atoms with van der Waals surface area (Å²) < 4.78 is 28.2. The number of hydrogen-bond donors (Lipinski definition) is 3. The minimum absolute atomic E-state index is 0.0192. The summed E-state index contributed by atoms with van der Waals surface area (Å²) in [6, 6.07) is 18.8. The average Bonchev–Trinajstić information content (AvgIpc) is 3.16. The highest BCUT2D eigenvalue weighted by Gasteiger charge is 2.08. The average molecular weight is 428 g/mol. The zero-order valence-electron chi connectivity index (χ0n) is 15.0. The first-order valence-corrected chi connectivity index (χ1v) is 10.3. The van der Waals surface area contributed by atoms with Gasteiger partial charge in [-0.1, -0.05) is 30.3 Å². The van der Waals surface area contributed by atoms with Crippen molar-refractivity contribution in [3.63, 3.8) is 0 Å². The number of amides is 1. The van der Waals surface area contributed by atoms with Crippen LogP contribution in [0.4, 0.5) is 5.69 Å². The molecule has 0 fully saturated rings. The summed E-state index contributed by atoms with van der Waals surface area (Å²) >= 11 is 5.07.